The average Bonchev–Trinajstić information content (AvgIpc) is 2.42. The Morgan fingerprint density at radius 3 is 2.53 bits per heavy atom. The second-order valence-electron chi connectivity index (χ2n) is 4.75. The van der Waals surface area contributed by atoms with Crippen molar-refractivity contribution in [1.29, 1.82) is 0 Å². The van der Waals surface area contributed by atoms with Gasteiger partial charge in [0, 0.05) is 6.04 Å². The number of nitrogens with two attached hydrogens (primary N) is 1. The van der Waals surface area contributed by atoms with Gasteiger partial charge in [0.2, 0.25) is 0 Å². The smallest absolute Gasteiger partial charge is 0.160 e. The highest BCUT2D eigenvalue weighted by Crippen LogP contribution is 2.28. The average molecular weight is 264 g/mol. The van der Waals surface area contributed by atoms with E-state index in [-0.39, 0.29) is 6.04 Å². The third kappa shape index (κ3) is 4.93. The minimum Gasteiger partial charge on any atom is -0.493 e. The molecule has 0 aliphatic carbocycles. The fraction of sp³-hybridized carbons (Fsp3) is 0.467. The Labute approximate surface area is 115 Å². The van der Waals surface area contributed by atoms with E-state index in [2.05, 4.69) is 12.0 Å². The zero-order chi connectivity index (χ0) is 14.3. The van der Waals surface area contributed by atoms with Crippen LogP contribution in [0, 0.1) is 0 Å². The van der Waals surface area contributed by atoms with Crippen LogP contribution in [0.3, 0.4) is 0 Å². The van der Waals surface area contributed by atoms with Gasteiger partial charge in [0.05, 0.1) is 14.2 Å². The molecule has 3 N–H and O–H groups in total. The summed E-state index contributed by atoms with van der Waals surface area (Å²) in [5.74, 6) is 7.08. The molecule has 0 radical (unpaired) electrons. The molecule has 1 aromatic carbocycles. The number of allylic oxidation sites excluding steroid dienone is 1. The minimum absolute atomic E-state index is 0.231. The fourth-order valence-electron chi connectivity index (χ4n) is 1.96. The molecule has 1 rings (SSSR count). The molecule has 0 heterocycles. The fourth-order valence-corrected chi connectivity index (χ4v) is 1.96. The van der Waals surface area contributed by atoms with Crippen LogP contribution >= 0.6 is 0 Å². The van der Waals surface area contributed by atoms with Gasteiger partial charge in [0.15, 0.2) is 11.5 Å². The van der Waals surface area contributed by atoms with Gasteiger partial charge in [-0.15, -0.1) is 6.58 Å². The summed E-state index contributed by atoms with van der Waals surface area (Å²) in [4.78, 5) is 0. The predicted octanol–water partition coefficient (Wildman–Crippen LogP) is 2.43. The molecule has 0 saturated carbocycles. The van der Waals surface area contributed by atoms with Crippen LogP contribution in [-0.4, -0.2) is 20.3 Å². The molecule has 1 unspecified atom stereocenters. The predicted molar refractivity (Wildman–Crippen MR) is 78.4 cm³/mol. The molecule has 0 fully saturated rings. The van der Waals surface area contributed by atoms with Crippen molar-refractivity contribution in [3.8, 4) is 11.5 Å². The van der Waals surface area contributed by atoms with E-state index in [0.29, 0.717) is 0 Å². The number of ether oxygens (including phenoxy) is 2. The largest absolute Gasteiger partial charge is 0.493 e. The van der Waals surface area contributed by atoms with Crippen LogP contribution in [0.1, 0.15) is 25.3 Å². The van der Waals surface area contributed by atoms with E-state index in [1.54, 1.807) is 14.2 Å². The molecule has 0 amide bonds. The summed E-state index contributed by atoms with van der Waals surface area (Å²) in [6.45, 7) is 5.95. The summed E-state index contributed by atoms with van der Waals surface area (Å²) in [5, 5.41) is 0. The lowest BCUT2D eigenvalue weighted by Crippen LogP contribution is -2.36. The van der Waals surface area contributed by atoms with E-state index in [1.807, 2.05) is 25.1 Å². The van der Waals surface area contributed by atoms with Gasteiger partial charge in [0.1, 0.15) is 0 Å². The van der Waals surface area contributed by atoms with Crippen LogP contribution in [0.25, 0.3) is 0 Å². The highest BCUT2D eigenvalue weighted by Gasteiger charge is 2.10. The van der Waals surface area contributed by atoms with Crippen molar-refractivity contribution < 1.29 is 9.47 Å². The summed E-state index contributed by atoms with van der Waals surface area (Å²) in [6, 6.07) is 6.17. The summed E-state index contributed by atoms with van der Waals surface area (Å²) in [6.07, 6.45) is 2.80. The van der Waals surface area contributed by atoms with Crippen LogP contribution in [0.2, 0.25) is 0 Å². The number of nitrogens with one attached hydrogen (secondary N) is 1. The topological polar surface area (TPSA) is 56.5 Å². The van der Waals surface area contributed by atoms with Gasteiger partial charge in [-0.25, -0.2) is 0 Å². The number of benzene rings is 1. The number of hydrogen-bond donors (Lipinski definition) is 2. The van der Waals surface area contributed by atoms with Crippen LogP contribution in [-0.2, 0) is 6.42 Å². The van der Waals surface area contributed by atoms with E-state index in [0.717, 1.165) is 30.8 Å². The first-order chi connectivity index (χ1) is 9.10. The third-order valence-electron chi connectivity index (χ3n) is 3.09. The molecule has 0 aromatic heterocycles. The summed E-state index contributed by atoms with van der Waals surface area (Å²) >= 11 is 0. The van der Waals surface area contributed by atoms with Crippen molar-refractivity contribution in [1.82, 2.24) is 5.43 Å². The Kier molecular flexibility index (Phi) is 6.39. The Bertz CT molecular complexity index is 419. The van der Waals surface area contributed by atoms with Gasteiger partial charge in [-0.1, -0.05) is 11.6 Å². The van der Waals surface area contributed by atoms with Gasteiger partial charge in [0.25, 0.3) is 0 Å². The van der Waals surface area contributed by atoms with Crippen LogP contribution < -0.4 is 20.7 Å². The SMILES string of the molecule is C=C(C)CCC(Cc1ccc(OC)c(OC)c1)NN. The van der Waals surface area contributed by atoms with E-state index in [1.165, 1.54) is 11.1 Å². The first kappa shape index (κ1) is 15.5. The zero-order valence-electron chi connectivity index (χ0n) is 12.0. The van der Waals surface area contributed by atoms with Gasteiger partial charge < -0.3 is 9.47 Å². The quantitative estimate of drug-likeness (QED) is 0.430. The van der Waals surface area contributed by atoms with Crippen molar-refractivity contribution in [2.75, 3.05) is 14.2 Å². The van der Waals surface area contributed by atoms with Crippen molar-refractivity contribution in [2.45, 2.75) is 32.2 Å². The molecule has 1 aromatic rings. The van der Waals surface area contributed by atoms with Crippen molar-refractivity contribution in [3.05, 3.63) is 35.9 Å². The number of methoxy groups -OCH3 is 2. The highest BCUT2D eigenvalue weighted by molar-refractivity contribution is 5.43. The first-order valence-corrected chi connectivity index (χ1v) is 6.42. The minimum atomic E-state index is 0.231. The standard InChI is InChI=1S/C15H24N2O2/c1-11(2)5-7-13(17-16)9-12-6-8-14(18-3)15(10-12)19-4/h6,8,10,13,17H,1,5,7,9,16H2,2-4H3. The molecule has 0 aliphatic heterocycles. The molecule has 0 bridgehead atoms. The molecule has 1 atom stereocenters. The lowest BCUT2D eigenvalue weighted by Gasteiger charge is -2.17. The maximum atomic E-state index is 5.60. The van der Waals surface area contributed by atoms with Crippen molar-refractivity contribution in [2.24, 2.45) is 5.84 Å². The molecule has 19 heavy (non-hydrogen) atoms. The summed E-state index contributed by atoms with van der Waals surface area (Å²) in [5.41, 5.74) is 5.20. The molecule has 0 aliphatic rings. The molecule has 0 spiro atoms. The summed E-state index contributed by atoms with van der Waals surface area (Å²) < 4.78 is 10.5. The lowest BCUT2D eigenvalue weighted by molar-refractivity contribution is 0.354. The van der Waals surface area contributed by atoms with Crippen LogP contribution in [0.15, 0.2) is 30.4 Å². The molecule has 106 valence electrons. The molecular formula is C15H24N2O2. The second-order valence-corrected chi connectivity index (χ2v) is 4.75. The third-order valence-corrected chi connectivity index (χ3v) is 3.09. The molecule has 4 nitrogen and oxygen atoms in total. The number of hydrogen-bond acceptors (Lipinski definition) is 4. The number of rotatable bonds is 8. The van der Waals surface area contributed by atoms with Crippen molar-refractivity contribution >= 4 is 0 Å². The monoisotopic (exact) mass is 264 g/mol. The Morgan fingerprint density at radius 2 is 2.00 bits per heavy atom. The van der Waals surface area contributed by atoms with E-state index in [9.17, 15) is 0 Å². The molecule has 0 saturated heterocycles. The Balaban J connectivity index is 2.71. The van der Waals surface area contributed by atoms with E-state index < -0.39 is 0 Å². The zero-order valence-corrected chi connectivity index (χ0v) is 12.0. The van der Waals surface area contributed by atoms with Gasteiger partial charge >= 0.3 is 0 Å². The van der Waals surface area contributed by atoms with Gasteiger partial charge in [-0.2, -0.15) is 0 Å². The van der Waals surface area contributed by atoms with E-state index in [4.69, 9.17) is 15.3 Å². The molecule has 4 heteroatoms. The van der Waals surface area contributed by atoms with Gasteiger partial charge in [-0.3, -0.25) is 11.3 Å². The second kappa shape index (κ2) is 7.81. The van der Waals surface area contributed by atoms with Crippen molar-refractivity contribution in [3.63, 3.8) is 0 Å². The maximum Gasteiger partial charge on any atom is 0.160 e. The maximum absolute atomic E-state index is 5.60. The summed E-state index contributed by atoms with van der Waals surface area (Å²) in [7, 11) is 3.27. The Hall–Kier alpha value is -1.52. The normalized spacial score (nSPS) is 12.0. The van der Waals surface area contributed by atoms with E-state index >= 15 is 0 Å². The first-order valence-electron chi connectivity index (χ1n) is 6.42. The van der Waals surface area contributed by atoms with Crippen LogP contribution in [0.4, 0.5) is 0 Å². The van der Waals surface area contributed by atoms with Crippen LogP contribution in [0.5, 0.6) is 11.5 Å². The van der Waals surface area contributed by atoms with Gasteiger partial charge in [-0.05, 0) is 43.9 Å². The molecular weight excluding hydrogens is 240 g/mol. The lowest BCUT2D eigenvalue weighted by atomic mass is 10.00. The highest BCUT2D eigenvalue weighted by atomic mass is 16.5. The number of hydrazine groups is 1. The Morgan fingerprint density at radius 1 is 1.32 bits per heavy atom.